The Bertz CT molecular complexity index is 971. The predicted molar refractivity (Wildman–Crippen MR) is 117 cm³/mol. The minimum atomic E-state index is -0.366. The van der Waals surface area contributed by atoms with Gasteiger partial charge in [0.15, 0.2) is 5.82 Å². The summed E-state index contributed by atoms with van der Waals surface area (Å²) in [4.78, 5) is 13.2. The Morgan fingerprint density at radius 2 is 1.86 bits per heavy atom. The molecule has 2 N–H and O–H groups in total. The molecule has 1 amide bonds. The van der Waals surface area contributed by atoms with Crippen LogP contribution in [0.2, 0.25) is 0 Å². The molecule has 0 saturated heterocycles. The Morgan fingerprint density at radius 1 is 1.10 bits per heavy atom. The van der Waals surface area contributed by atoms with Crippen molar-refractivity contribution in [1.29, 1.82) is 0 Å². The fraction of sp³-hybridized carbons (Fsp3) is 0.318. The lowest BCUT2D eigenvalue weighted by Gasteiger charge is -2.33. The van der Waals surface area contributed by atoms with Crippen LogP contribution in [-0.2, 0) is 17.6 Å². The fourth-order valence-corrected chi connectivity index (χ4v) is 4.53. The van der Waals surface area contributed by atoms with E-state index >= 15 is 0 Å². The van der Waals surface area contributed by atoms with Gasteiger partial charge in [0.25, 0.3) is 0 Å². The number of amides is 1. The second kappa shape index (κ2) is 8.69. The number of thioether (sulfide) groups is 1. The van der Waals surface area contributed by atoms with Crippen LogP contribution in [0.1, 0.15) is 43.3 Å². The molecule has 0 radical (unpaired) electrons. The van der Waals surface area contributed by atoms with Gasteiger partial charge in [-0.1, -0.05) is 68.1 Å². The van der Waals surface area contributed by atoms with Crippen LogP contribution in [-0.4, -0.2) is 26.0 Å². The number of anilines is 1. The number of fused-ring (bicyclic) bond motifs is 1. The van der Waals surface area contributed by atoms with Gasteiger partial charge in [-0.25, -0.2) is 4.68 Å². The summed E-state index contributed by atoms with van der Waals surface area (Å²) < 4.78 is 1.94. The number of aromatic nitrogens is 3. The molecular weight excluding hydrogens is 382 g/mol. The largest absolute Gasteiger partial charge is 0.325 e. The van der Waals surface area contributed by atoms with Crippen molar-refractivity contribution in [2.45, 2.75) is 49.6 Å². The number of hydrogen-bond acceptors (Lipinski definition) is 5. The van der Waals surface area contributed by atoms with Crippen molar-refractivity contribution in [3.8, 4) is 0 Å². The van der Waals surface area contributed by atoms with E-state index in [1.807, 2.05) is 59.3 Å². The van der Waals surface area contributed by atoms with Crippen molar-refractivity contribution in [3.05, 3.63) is 71.5 Å². The summed E-state index contributed by atoms with van der Waals surface area (Å²) in [6, 6.07) is 17.9. The summed E-state index contributed by atoms with van der Waals surface area (Å²) in [5.41, 5.74) is 6.60. The van der Waals surface area contributed by atoms with Crippen LogP contribution >= 0.6 is 11.8 Å². The van der Waals surface area contributed by atoms with Crippen LogP contribution < -0.4 is 10.7 Å². The van der Waals surface area contributed by atoms with E-state index in [-0.39, 0.29) is 17.2 Å². The Balaban J connectivity index is 1.62. The topological polar surface area (TPSA) is 71.8 Å². The van der Waals surface area contributed by atoms with Gasteiger partial charge in [0.05, 0.1) is 6.04 Å². The molecule has 2 aromatic carbocycles. The van der Waals surface area contributed by atoms with E-state index in [0.717, 1.165) is 41.5 Å². The number of carbonyl (C=O) groups is 1. The normalized spacial score (nSPS) is 18.0. The number of nitrogens with zero attached hydrogens (tertiary/aromatic N) is 3. The lowest BCUT2D eigenvalue weighted by Crippen LogP contribution is -2.41. The summed E-state index contributed by atoms with van der Waals surface area (Å²) in [6.07, 6.45) is 2.79. The van der Waals surface area contributed by atoms with Crippen LogP contribution in [0.25, 0.3) is 0 Å². The molecule has 0 bridgehead atoms. The van der Waals surface area contributed by atoms with Gasteiger partial charge in [-0.15, -0.1) is 10.2 Å². The average Bonchev–Trinajstić information content (AvgIpc) is 3.16. The number of benzene rings is 2. The third-order valence-electron chi connectivity index (χ3n) is 5.02. The van der Waals surface area contributed by atoms with E-state index in [9.17, 15) is 4.79 Å². The monoisotopic (exact) mass is 407 g/mol. The first kappa shape index (κ1) is 19.5. The van der Waals surface area contributed by atoms with Gasteiger partial charge >= 0.3 is 0 Å². The Labute approximate surface area is 175 Å². The molecule has 0 aliphatic carbocycles. The van der Waals surface area contributed by atoms with E-state index in [4.69, 9.17) is 0 Å². The minimum Gasteiger partial charge on any atom is -0.325 e. The third kappa shape index (κ3) is 4.15. The Morgan fingerprint density at radius 3 is 2.55 bits per heavy atom. The van der Waals surface area contributed by atoms with Gasteiger partial charge in [-0.05, 0) is 36.1 Å². The molecule has 0 spiro atoms. The first-order chi connectivity index (χ1) is 14.2. The molecule has 2 atom stereocenters. The molecule has 150 valence electrons. The van der Waals surface area contributed by atoms with Gasteiger partial charge < -0.3 is 10.7 Å². The van der Waals surface area contributed by atoms with Crippen molar-refractivity contribution in [2.24, 2.45) is 0 Å². The molecule has 2 heterocycles. The zero-order valence-corrected chi connectivity index (χ0v) is 17.4. The average molecular weight is 408 g/mol. The van der Waals surface area contributed by atoms with E-state index in [1.165, 1.54) is 17.3 Å². The second-order valence-electron chi connectivity index (χ2n) is 7.08. The summed E-state index contributed by atoms with van der Waals surface area (Å²) in [6.45, 7) is 4.23. The molecule has 1 aliphatic heterocycles. The Hall–Kier alpha value is -2.80. The highest BCUT2D eigenvalue weighted by Gasteiger charge is 2.37. The molecule has 4 rings (SSSR count). The summed E-state index contributed by atoms with van der Waals surface area (Å²) in [5.74, 6) is 0.844. The molecule has 3 aromatic rings. The minimum absolute atomic E-state index is 0.0492. The first-order valence-corrected chi connectivity index (χ1v) is 10.9. The van der Waals surface area contributed by atoms with E-state index in [1.54, 1.807) is 0 Å². The maximum atomic E-state index is 13.2. The van der Waals surface area contributed by atoms with Crippen LogP contribution in [0.15, 0.2) is 59.8 Å². The van der Waals surface area contributed by atoms with E-state index < -0.39 is 0 Å². The predicted octanol–water partition coefficient (Wildman–Crippen LogP) is 4.19. The number of nitrogens with one attached hydrogen (secondary N) is 2. The third-order valence-corrected chi connectivity index (χ3v) is 6.24. The highest BCUT2D eigenvalue weighted by Crippen LogP contribution is 2.37. The quantitative estimate of drug-likeness (QED) is 0.641. The summed E-state index contributed by atoms with van der Waals surface area (Å²) in [7, 11) is 0. The lowest BCUT2D eigenvalue weighted by atomic mass is 10.0. The molecule has 1 aliphatic rings. The van der Waals surface area contributed by atoms with Crippen LogP contribution in [0.3, 0.4) is 0 Å². The molecular formula is C22H25N5OS. The highest BCUT2D eigenvalue weighted by molar-refractivity contribution is 8.00. The number of rotatable bonds is 6. The number of hydrogen-bond donors (Lipinski definition) is 2. The fourth-order valence-electron chi connectivity index (χ4n) is 3.43. The summed E-state index contributed by atoms with van der Waals surface area (Å²) in [5, 5.41) is 12.0. The van der Waals surface area contributed by atoms with Crippen molar-refractivity contribution < 1.29 is 4.79 Å². The van der Waals surface area contributed by atoms with Gasteiger partial charge in [0.2, 0.25) is 11.1 Å². The smallest absolute Gasteiger partial charge is 0.240 e. The zero-order valence-electron chi connectivity index (χ0n) is 16.6. The Kier molecular flexibility index (Phi) is 5.85. The molecule has 7 heteroatoms. The van der Waals surface area contributed by atoms with Crippen molar-refractivity contribution in [3.63, 3.8) is 0 Å². The molecule has 0 unspecified atom stereocenters. The van der Waals surface area contributed by atoms with Gasteiger partial charge in [-0.2, -0.15) is 0 Å². The first-order valence-electron chi connectivity index (χ1n) is 10.0. The van der Waals surface area contributed by atoms with Crippen molar-refractivity contribution >= 4 is 23.4 Å². The lowest BCUT2D eigenvalue weighted by molar-refractivity contribution is -0.116. The molecule has 0 fully saturated rings. The summed E-state index contributed by atoms with van der Waals surface area (Å²) >= 11 is 1.46. The zero-order chi connectivity index (χ0) is 20.2. The maximum Gasteiger partial charge on any atom is 0.240 e. The maximum absolute atomic E-state index is 13.2. The number of aryl methyl sites for hydroxylation is 2. The van der Waals surface area contributed by atoms with Gasteiger partial charge in [0, 0.05) is 12.1 Å². The van der Waals surface area contributed by atoms with Crippen LogP contribution in [0.5, 0.6) is 0 Å². The van der Waals surface area contributed by atoms with E-state index in [0.29, 0.717) is 0 Å². The van der Waals surface area contributed by atoms with Crippen molar-refractivity contribution in [1.82, 2.24) is 14.9 Å². The second-order valence-corrected chi connectivity index (χ2v) is 8.19. The molecule has 29 heavy (non-hydrogen) atoms. The molecule has 6 nitrogen and oxygen atoms in total. The molecule has 0 saturated carbocycles. The van der Waals surface area contributed by atoms with Gasteiger partial charge in [-0.3, -0.25) is 4.79 Å². The van der Waals surface area contributed by atoms with Crippen LogP contribution in [0.4, 0.5) is 5.69 Å². The standard InChI is InChI=1S/C22H25N5OS/c1-3-8-18-24-25-22-27(18)26-19(16-9-6-5-7-10-16)20(29-22)21(28)23-17-13-11-15(4-2)12-14-17/h5-7,9-14,19-20,26H,3-4,8H2,1-2H3,(H,23,28)/t19-,20-/m1/s1. The van der Waals surface area contributed by atoms with Gasteiger partial charge in [0.1, 0.15) is 5.25 Å². The van der Waals surface area contributed by atoms with Crippen LogP contribution in [0, 0.1) is 0 Å². The number of carbonyl (C=O) groups excluding carboxylic acids is 1. The highest BCUT2D eigenvalue weighted by atomic mass is 32.2. The van der Waals surface area contributed by atoms with Crippen molar-refractivity contribution in [2.75, 3.05) is 10.7 Å². The SMILES string of the molecule is CCCc1nnc2n1N[C@H](c1ccccc1)[C@H](C(=O)Nc1ccc(CC)cc1)S2. The molecule has 1 aromatic heterocycles. The van der Waals surface area contributed by atoms with E-state index in [2.05, 4.69) is 34.8 Å².